The molecule has 0 aliphatic heterocycles. The van der Waals surface area contributed by atoms with Gasteiger partial charge in [0.2, 0.25) is 9.84 Å². The molecule has 0 atom stereocenters. The van der Waals surface area contributed by atoms with Crippen LogP contribution in [-0.2, 0) is 22.4 Å². The van der Waals surface area contributed by atoms with E-state index in [2.05, 4.69) is 4.98 Å². The number of benzene rings is 3. The summed E-state index contributed by atoms with van der Waals surface area (Å²) in [6.07, 6.45) is -1.93. The van der Waals surface area contributed by atoms with Crippen molar-refractivity contribution in [1.82, 2.24) is 10.5 Å². The standard InChI is InChI=1S/C28H24F3N3O5S.ClH/c1-16-12-19(14-23(27(35)34-36)26(16)40(37,38)21-8-6-20(39-2)7-9-21)22-10-5-18(13-17-4-3-11-33-15-17)24(25(22)32)28(29,30)31;/h3-12,14-15,36H,13,32H2,1-2H3,(H,34,35);1H. The van der Waals surface area contributed by atoms with Crippen LogP contribution >= 0.6 is 12.4 Å². The van der Waals surface area contributed by atoms with Gasteiger partial charge >= 0.3 is 6.18 Å². The highest BCUT2D eigenvalue weighted by molar-refractivity contribution is 7.91. The third-order valence-corrected chi connectivity index (χ3v) is 8.28. The fourth-order valence-electron chi connectivity index (χ4n) is 4.51. The molecule has 0 radical (unpaired) electrons. The number of nitrogens with two attached hydrogens (primary N) is 1. The fourth-order valence-corrected chi connectivity index (χ4v) is 6.16. The molecule has 1 heterocycles. The average Bonchev–Trinajstić information content (AvgIpc) is 2.92. The van der Waals surface area contributed by atoms with Crippen molar-refractivity contribution in [2.45, 2.75) is 29.3 Å². The fraction of sp³-hybridized carbons (Fsp3) is 0.143. The van der Waals surface area contributed by atoms with Crippen LogP contribution in [0.3, 0.4) is 0 Å². The van der Waals surface area contributed by atoms with Crippen molar-refractivity contribution in [3.63, 3.8) is 0 Å². The molecule has 1 aromatic heterocycles. The van der Waals surface area contributed by atoms with E-state index in [0.29, 0.717) is 11.3 Å². The van der Waals surface area contributed by atoms with E-state index in [1.54, 1.807) is 12.1 Å². The Hall–Kier alpha value is -4.13. The molecule has 0 aliphatic rings. The van der Waals surface area contributed by atoms with E-state index in [1.165, 1.54) is 74.4 Å². The number of carbonyl (C=O) groups is 1. The molecule has 0 saturated heterocycles. The Morgan fingerprint density at radius 3 is 2.34 bits per heavy atom. The number of methoxy groups -OCH3 is 1. The summed E-state index contributed by atoms with van der Waals surface area (Å²) in [5, 5.41) is 9.36. The van der Waals surface area contributed by atoms with Gasteiger partial charge in [0.1, 0.15) is 5.75 Å². The van der Waals surface area contributed by atoms with Crippen LogP contribution < -0.4 is 16.0 Å². The zero-order valence-electron chi connectivity index (χ0n) is 21.7. The van der Waals surface area contributed by atoms with Crippen LogP contribution in [-0.4, -0.2) is 31.6 Å². The Kier molecular flexibility index (Phi) is 9.32. The summed E-state index contributed by atoms with van der Waals surface area (Å²) in [6.45, 7) is 1.39. The van der Waals surface area contributed by atoms with Crippen LogP contribution in [0.5, 0.6) is 5.75 Å². The van der Waals surface area contributed by atoms with Gasteiger partial charge in [0.25, 0.3) is 5.91 Å². The Bertz CT molecular complexity index is 1680. The lowest BCUT2D eigenvalue weighted by molar-refractivity contribution is -0.137. The molecule has 0 saturated carbocycles. The number of hydrogen-bond donors (Lipinski definition) is 3. The summed E-state index contributed by atoms with van der Waals surface area (Å²) < 4.78 is 74.8. The minimum absolute atomic E-state index is 0. The lowest BCUT2D eigenvalue weighted by Gasteiger charge is -2.20. The minimum Gasteiger partial charge on any atom is -0.497 e. The Morgan fingerprint density at radius 2 is 1.78 bits per heavy atom. The maximum absolute atomic E-state index is 14.2. The van der Waals surface area contributed by atoms with Crippen LogP contribution in [0.25, 0.3) is 11.1 Å². The number of sulfone groups is 1. The van der Waals surface area contributed by atoms with Crippen LogP contribution in [0.2, 0.25) is 0 Å². The topological polar surface area (TPSA) is 132 Å². The number of pyridine rings is 1. The van der Waals surface area contributed by atoms with Crippen LogP contribution in [0.15, 0.2) is 82.8 Å². The third-order valence-electron chi connectivity index (χ3n) is 6.30. The molecule has 0 spiro atoms. The third kappa shape index (κ3) is 6.29. The number of nitrogens with one attached hydrogen (secondary N) is 1. The predicted molar refractivity (Wildman–Crippen MR) is 148 cm³/mol. The normalized spacial score (nSPS) is 11.5. The van der Waals surface area contributed by atoms with E-state index in [-0.39, 0.29) is 46.0 Å². The van der Waals surface area contributed by atoms with E-state index >= 15 is 0 Å². The average molecular weight is 608 g/mol. The number of rotatable bonds is 7. The molecule has 0 fully saturated rings. The number of aromatic nitrogens is 1. The van der Waals surface area contributed by atoms with Gasteiger partial charge in [0, 0.05) is 18.0 Å². The van der Waals surface area contributed by atoms with Crippen LogP contribution in [0.4, 0.5) is 18.9 Å². The van der Waals surface area contributed by atoms with E-state index in [1.807, 2.05) is 0 Å². The zero-order chi connectivity index (χ0) is 29.2. The van der Waals surface area contributed by atoms with Crippen molar-refractivity contribution in [2.24, 2.45) is 0 Å². The van der Waals surface area contributed by atoms with Crippen LogP contribution in [0, 0.1) is 6.92 Å². The Labute approximate surface area is 240 Å². The highest BCUT2D eigenvalue weighted by atomic mass is 35.5. The van der Waals surface area contributed by atoms with Crippen molar-refractivity contribution in [3.8, 4) is 16.9 Å². The summed E-state index contributed by atoms with van der Waals surface area (Å²) in [5.41, 5.74) is 5.92. The quantitative estimate of drug-likeness (QED) is 0.141. The maximum Gasteiger partial charge on any atom is 0.418 e. The van der Waals surface area contributed by atoms with Gasteiger partial charge in [-0.1, -0.05) is 24.3 Å². The molecule has 1 amide bonds. The van der Waals surface area contributed by atoms with Gasteiger partial charge in [0.05, 0.1) is 33.7 Å². The van der Waals surface area contributed by atoms with Gasteiger partial charge in [-0.05, 0) is 72.0 Å². The highest BCUT2D eigenvalue weighted by Crippen LogP contribution is 2.43. The number of ether oxygens (including phenoxy) is 1. The van der Waals surface area contributed by atoms with E-state index in [0.717, 1.165) is 6.07 Å². The largest absolute Gasteiger partial charge is 0.497 e. The summed E-state index contributed by atoms with van der Waals surface area (Å²) >= 11 is 0. The first-order chi connectivity index (χ1) is 18.9. The van der Waals surface area contributed by atoms with Crippen LogP contribution in [0.1, 0.15) is 32.6 Å². The number of hydrogen-bond acceptors (Lipinski definition) is 7. The molecule has 41 heavy (non-hydrogen) atoms. The second-order valence-electron chi connectivity index (χ2n) is 8.89. The number of carbonyl (C=O) groups excluding carboxylic acids is 1. The number of halogens is 4. The number of aryl methyl sites for hydroxylation is 1. The molecule has 0 bridgehead atoms. The number of nitrogens with zero attached hydrogens (tertiary/aromatic N) is 1. The molecule has 4 N–H and O–H groups in total. The molecule has 13 heteroatoms. The summed E-state index contributed by atoms with van der Waals surface area (Å²) in [4.78, 5) is 16.0. The van der Waals surface area contributed by atoms with E-state index < -0.39 is 43.6 Å². The van der Waals surface area contributed by atoms with E-state index in [4.69, 9.17) is 10.5 Å². The van der Waals surface area contributed by atoms with Gasteiger partial charge in [-0.25, -0.2) is 13.9 Å². The van der Waals surface area contributed by atoms with Crippen molar-refractivity contribution in [2.75, 3.05) is 12.8 Å². The first kappa shape index (κ1) is 31.4. The first-order valence-corrected chi connectivity index (χ1v) is 13.2. The Morgan fingerprint density at radius 1 is 1.10 bits per heavy atom. The van der Waals surface area contributed by atoms with E-state index in [9.17, 15) is 31.6 Å². The molecule has 3 aromatic carbocycles. The minimum atomic E-state index is -4.81. The number of hydroxylamine groups is 1. The predicted octanol–water partition coefficient (Wildman–Crippen LogP) is 5.63. The molecule has 216 valence electrons. The smallest absolute Gasteiger partial charge is 0.418 e. The lowest BCUT2D eigenvalue weighted by atomic mass is 9.91. The van der Waals surface area contributed by atoms with Gasteiger partial charge in [-0.2, -0.15) is 13.2 Å². The first-order valence-electron chi connectivity index (χ1n) is 11.7. The number of nitrogen functional groups attached to an aromatic ring is 1. The number of anilines is 1. The van der Waals surface area contributed by atoms with Gasteiger partial charge < -0.3 is 10.5 Å². The van der Waals surface area contributed by atoms with Crippen molar-refractivity contribution in [3.05, 3.63) is 101 Å². The second kappa shape index (κ2) is 12.2. The highest BCUT2D eigenvalue weighted by Gasteiger charge is 2.37. The van der Waals surface area contributed by atoms with Crippen molar-refractivity contribution < 1.29 is 36.3 Å². The zero-order valence-corrected chi connectivity index (χ0v) is 23.3. The molecule has 0 unspecified atom stereocenters. The molecule has 8 nitrogen and oxygen atoms in total. The molecular formula is C28H25ClF3N3O5S. The monoisotopic (exact) mass is 607 g/mol. The van der Waals surface area contributed by atoms with Gasteiger partial charge in [-0.3, -0.25) is 15.0 Å². The molecule has 0 aliphatic carbocycles. The lowest BCUT2D eigenvalue weighted by Crippen LogP contribution is -2.22. The molecular weight excluding hydrogens is 583 g/mol. The SMILES string of the molecule is COc1ccc(S(=O)(=O)c2c(C)cc(-c3ccc(Cc4cccnc4)c(C(F)(F)F)c3N)cc2C(=O)NO)cc1.Cl. The Balaban J connectivity index is 0.00000462. The van der Waals surface area contributed by atoms with Crippen molar-refractivity contribution in [1.29, 1.82) is 0 Å². The summed E-state index contributed by atoms with van der Waals surface area (Å²) in [7, 11) is -2.89. The maximum atomic E-state index is 14.2. The second-order valence-corrected chi connectivity index (χ2v) is 10.8. The van der Waals surface area contributed by atoms with Crippen molar-refractivity contribution >= 4 is 33.8 Å². The number of amides is 1. The van der Waals surface area contributed by atoms with Gasteiger partial charge in [0.15, 0.2) is 0 Å². The molecule has 4 aromatic rings. The molecule has 4 rings (SSSR count). The summed E-state index contributed by atoms with van der Waals surface area (Å²) in [5.74, 6) is -0.762. The number of alkyl halides is 3. The van der Waals surface area contributed by atoms with Gasteiger partial charge in [-0.15, -0.1) is 12.4 Å². The summed E-state index contributed by atoms with van der Waals surface area (Å²) in [6, 6.07) is 13.8.